The molecule has 0 unspecified atom stereocenters. The fourth-order valence-electron chi connectivity index (χ4n) is 2.08. The van der Waals surface area contributed by atoms with Gasteiger partial charge in [-0.05, 0) is 42.0 Å². The highest BCUT2D eigenvalue weighted by molar-refractivity contribution is 6.31. The molecule has 0 saturated carbocycles. The number of nitriles is 1. The maximum atomic E-state index is 12.8. The number of benzene rings is 2. The Hall–Kier alpha value is -3.31. The van der Waals surface area contributed by atoms with Crippen LogP contribution in [0.5, 0.6) is 0 Å². The lowest BCUT2D eigenvalue weighted by Crippen LogP contribution is -2.20. The van der Waals surface area contributed by atoms with Crippen molar-refractivity contribution in [2.45, 2.75) is 6.18 Å². The SMILES string of the molecule is N#Cc1cccc(NC(=O)COC(=O)/C=C/c2ccc(Cl)c(C(F)(F)F)c2)c1. The summed E-state index contributed by atoms with van der Waals surface area (Å²) in [5, 5.41) is 10.8. The number of amides is 1. The summed E-state index contributed by atoms with van der Waals surface area (Å²) in [4.78, 5) is 23.4. The minimum atomic E-state index is -4.62. The summed E-state index contributed by atoms with van der Waals surface area (Å²) in [6.07, 6.45) is -2.61. The second kappa shape index (κ2) is 9.06. The van der Waals surface area contributed by atoms with E-state index in [0.29, 0.717) is 11.3 Å². The zero-order valence-electron chi connectivity index (χ0n) is 14.1. The molecule has 0 spiro atoms. The largest absolute Gasteiger partial charge is 0.452 e. The van der Waals surface area contributed by atoms with E-state index in [1.165, 1.54) is 12.1 Å². The van der Waals surface area contributed by atoms with E-state index >= 15 is 0 Å². The molecule has 144 valence electrons. The van der Waals surface area contributed by atoms with Crippen molar-refractivity contribution >= 4 is 35.2 Å². The molecule has 5 nitrogen and oxygen atoms in total. The number of hydrogen-bond donors (Lipinski definition) is 1. The summed E-state index contributed by atoms with van der Waals surface area (Å²) in [5.74, 6) is -1.55. The summed E-state index contributed by atoms with van der Waals surface area (Å²) in [5.41, 5.74) is -0.231. The number of anilines is 1. The number of esters is 1. The maximum Gasteiger partial charge on any atom is 0.417 e. The lowest BCUT2D eigenvalue weighted by atomic mass is 10.1. The second-order valence-corrected chi connectivity index (χ2v) is 5.83. The first kappa shape index (κ1) is 21.0. The van der Waals surface area contributed by atoms with Gasteiger partial charge in [-0.15, -0.1) is 0 Å². The second-order valence-electron chi connectivity index (χ2n) is 5.42. The fourth-order valence-corrected chi connectivity index (χ4v) is 2.30. The first-order valence-electron chi connectivity index (χ1n) is 7.70. The minimum Gasteiger partial charge on any atom is -0.452 e. The van der Waals surface area contributed by atoms with E-state index in [0.717, 1.165) is 24.3 Å². The van der Waals surface area contributed by atoms with Crippen molar-refractivity contribution in [2.75, 3.05) is 11.9 Å². The first-order valence-corrected chi connectivity index (χ1v) is 8.08. The Bertz CT molecular complexity index is 966. The summed E-state index contributed by atoms with van der Waals surface area (Å²) in [6, 6.07) is 11.2. The Labute approximate surface area is 163 Å². The topological polar surface area (TPSA) is 79.2 Å². The van der Waals surface area contributed by atoms with Gasteiger partial charge in [0.25, 0.3) is 5.91 Å². The first-order chi connectivity index (χ1) is 13.2. The monoisotopic (exact) mass is 408 g/mol. The molecule has 0 saturated heterocycles. The van der Waals surface area contributed by atoms with Crippen molar-refractivity contribution in [1.29, 1.82) is 5.26 Å². The van der Waals surface area contributed by atoms with E-state index in [2.05, 4.69) is 5.32 Å². The van der Waals surface area contributed by atoms with Crippen LogP contribution in [0.3, 0.4) is 0 Å². The minimum absolute atomic E-state index is 0.0893. The number of nitrogens with one attached hydrogen (secondary N) is 1. The summed E-state index contributed by atoms with van der Waals surface area (Å²) >= 11 is 5.52. The van der Waals surface area contributed by atoms with Gasteiger partial charge in [0.15, 0.2) is 6.61 Å². The molecule has 0 aliphatic heterocycles. The molecule has 0 heterocycles. The average molecular weight is 409 g/mol. The van der Waals surface area contributed by atoms with E-state index in [9.17, 15) is 22.8 Å². The molecule has 0 radical (unpaired) electrons. The molecular formula is C19H12ClF3N2O3. The number of ether oxygens (including phenoxy) is 1. The average Bonchev–Trinajstić information content (AvgIpc) is 2.65. The zero-order chi connectivity index (χ0) is 20.7. The van der Waals surface area contributed by atoms with Gasteiger partial charge in [0.1, 0.15) is 0 Å². The van der Waals surface area contributed by atoms with Crippen LogP contribution in [0.25, 0.3) is 6.08 Å². The molecule has 9 heteroatoms. The predicted octanol–water partition coefficient (Wildman–Crippen LogP) is 4.43. The van der Waals surface area contributed by atoms with Crippen molar-refractivity contribution < 1.29 is 27.5 Å². The van der Waals surface area contributed by atoms with Crippen LogP contribution in [0.2, 0.25) is 5.02 Å². The van der Waals surface area contributed by atoms with Crippen molar-refractivity contribution in [3.05, 3.63) is 70.3 Å². The lowest BCUT2D eigenvalue weighted by Gasteiger charge is -2.09. The molecule has 0 fully saturated rings. The maximum absolute atomic E-state index is 12.8. The van der Waals surface area contributed by atoms with Gasteiger partial charge >= 0.3 is 12.1 Å². The molecule has 28 heavy (non-hydrogen) atoms. The van der Waals surface area contributed by atoms with E-state index in [1.807, 2.05) is 6.07 Å². The molecule has 0 aromatic heterocycles. The molecule has 0 aliphatic rings. The zero-order valence-corrected chi connectivity index (χ0v) is 14.8. The highest BCUT2D eigenvalue weighted by atomic mass is 35.5. The van der Waals surface area contributed by atoms with Crippen molar-refractivity contribution in [3.63, 3.8) is 0 Å². The highest BCUT2D eigenvalue weighted by Crippen LogP contribution is 2.35. The Morgan fingerprint density at radius 1 is 1.21 bits per heavy atom. The molecule has 1 N–H and O–H groups in total. The Balaban J connectivity index is 1.91. The fraction of sp³-hybridized carbons (Fsp3) is 0.105. The Kier molecular flexibility index (Phi) is 6.79. The van der Waals surface area contributed by atoms with E-state index in [1.54, 1.807) is 18.2 Å². The van der Waals surface area contributed by atoms with Crippen LogP contribution in [-0.2, 0) is 20.5 Å². The molecule has 2 aromatic carbocycles. The molecule has 2 aromatic rings. The van der Waals surface area contributed by atoms with Crippen LogP contribution in [0, 0.1) is 11.3 Å². The van der Waals surface area contributed by atoms with Crippen LogP contribution in [0.4, 0.5) is 18.9 Å². The number of nitrogens with zero attached hydrogens (tertiary/aromatic N) is 1. The third-order valence-corrected chi connectivity index (χ3v) is 3.66. The van der Waals surface area contributed by atoms with Crippen molar-refractivity contribution in [2.24, 2.45) is 0 Å². The molecule has 0 bridgehead atoms. The van der Waals surface area contributed by atoms with Crippen LogP contribution < -0.4 is 5.32 Å². The van der Waals surface area contributed by atoms with Crippen LogP contribution in [0.15, 0.2) is 48.5 Å². The third-order valence-electron chi connectivity index (χ3n) is 3.33. The van der Waals surface area contributed by atoms with Gasteiger partial charge in [0.05, 0.1) is 22.2 Å². The van der Waals surface area contributed by atoms with Gasteiger partial charge in [0.2, 0.25) is 0 Å². The van der Waals surface area contributed by atoms with Gasteiger partial charge in [-0.3, -0.25) is 4.79 Å². The third kappa shape index (κ3) is 6.14. The van der Waals surface area contributed by atoms with Crippen LogP contribution >= 0.6 is 11.6 Å². The number of rotatable bonds is 5. The standard InChI is InChI=1S/C19H12ClF3N2O3/c20-16-6-4-12(9-15(16)19(21,22)23)5-7-18(27)28-11-17(26)25-14-3-1-2-13(8-14)10-24/h1-9H,11H2,(H,25,26)/b7-5+. The molecule has 1 amide bonds. The van der Waals surface area contributed by atoms with Gasteiger partial charge in [0, 0.05) is 11.8 Å². The molecule has 2 rings (SSSR count). The quantitative estimate of drug-likeness (QED) is 0.586. The lowest BCUT2D eigenvalue weighted by molar-refractivity contribution is -0.142. The number of carbonyl (C=O) groups excluding carboxylic acids is 2. The summed E-state index contributed by atoms with van der Waals surface area (Å²) in [6.45, 7) is -0.603. The molecule has 0 atom stereocenters. The van der Waals surface area contributed by atoms with Crippen LogP contribution in [-0.4, -0.2) is 18.5 Å². The predicted molar refractivity (Wildman–Crippen MR) is 96.2 cm³/mol. The van der Waals surface area contributed by atoms with Gasteiger partial charge in [-0.2, -0.15) is 18.4 Å². The highest BCUT2D eigenvalue weighted by Gasteiger charge is 2.33. The number of carbonyl (C=O) groups is 2. The van der Waals surface area contributed by atoms with Crippen LogP contribution in [0.1, 0.15) is 16.7 Å². The van der Waals surface area contributed by atoms with Gasteiger partial charge in [-0.1, -0.05) is 23.7 Å². The normalized spacial score (nSPS) is 11.1. The summed E-state index contributed by atoms with van der Waals surface area (Å²) < 4.78 is 43.1. The molecule has 0 aliphatic carbocycles. The number of halogens is 4. The number of hydrogen-bond acceptors (Lipinski definition) is 4. The Morgan fingerprint density at radius 2 is 1.96 bits per heavy atom. The van der Waals surface area contributed by atoms with E-state index < -0.39 is 35.2 Å². The van der Waals surface area contributed by atoms with Gasteiger partial charge < -0.3 is 10.1 Å². The number of alkyl halides is 3. The van der Waals surface area contributed by atoms with E-state index in [-0.39, 0.29) is 5.56 Å². The van der Waals surface area contributed by atoms with E-state index in [4.69, 9.17) is 21.6 Å². The Morgan fingerprint density at radius 3 is 2.64 bits per heavy atom. The molecular weight excluding hydrogens is 397 g/mol. The smallest absolute Gasteiger partial charge is 0.417 e. The van der Waals surface area contributed by atoms with Gasteiger partial charge in [-0.25, -0.2) is 4.79 Å². The van der Waals surface area contributed by atoms with Crippen molar-refractivity contribution in [1.82, 2.24) is 0 Å². The summed E-state index contributed by atoms with van der Waals surface area (Å²) in [7, 11) is 0. The van der Waals surface area contributed by atoms with Crippen molar-refractivity contribution in [3.8, 4) is 6.07 Å².